The molecule has 0 spiro atoms. The largest absolute Gasteiger partial charge is 0.497 e. The average Bonchev–Trinajstić information content (AvgIpc) is 3.27. The van der Waals surface area contributed by atoms with Crippen molar-refractivity contribution in [1.29, 1.82) is 0 Å². The van der Waals surface area contributed by atoms with Crippen LogP contribution in [-0.2, 0) is 27.9 Å². The van der Waals surface area contributed by atoms with Gasteiger partial charge in [0.05, 0.1) is 24.9 Å². The molecule has 3 aliphatic heterocycles. The normalized spacial score (nSPS) is 19.8. The van der Waals surface area contributed by atoms with Crippen molar-refractivity contribution in [3.63, 3.8) is 0 Å². The third-order valence-corrected chi connectivity index (χ3v) is 9.30. The lowest BCUT2D eigenvalue weighted by Crippen LogP contribution is -2.56. The molecular formula is C34H43FN6O6. The molecule has 3 saturated heterocycles. The molecule has 1 atom stereocenters. The molecule has 3 aliphatic rings. The van der Waals surface area contributed by atoms with E-state index < -0.39 is 29.1 Å². The van der Waals surface area contributed by atoms with Gasteiger partial charge in [-0.2, -0.15) is 0 Å². The summed E-state index contributed by atoms with van der Waals surface area (Å²) in [7, 11) is 3.07. The second-order valence-corrected chi connectivity index (χ2v) is 13.7. The van der Waals surface area contributed by atoms with Crippen LogP contribution in [0.25, 0.3) is 11.0 Å². The Morgan fingerprint density at radius 1 is 0.979 bits per heavy atom. The highest BCUT2D eigenvalue weighted by molar-refractivity contribution is 6.00. The highest BCUT2D eigenvalue weighted by Gasteiger charge is 2.39. The van der Waals surface area contributed by atoms with Gasteiger partial charge in [0.1, 0.15) is 22.9 Å². The van der Waals surface area contributed by atoms with Gasteiger partial charge in [-0.3, -0.25) is 28.5 Å². The van der Waals surface area contributed by atoms with Gasteiger partial charge in [-0.05, 0) is 57.0 Å². The van der Waals surface area contributed by atoms with Gasteiger partial charge in [0.15, 0.2) is 5.82 Å². The Kier molecular flexibility index (Phi) is 8.77. The van der Waals surface area contributed by atoms with Crippen molar-refractivity contribution in [2.75, 3.05) is 57.8 Å². The smallest absolute Gasteiger partial charge is 0.410 e. The van der Waals surface area contributed by atoms with Crippen LogP contribution >= 0.6 is 0 Å². The maximum absolute atomic E-state index is 16.1. The predicted octanol–water partition coefficient (Wildman–Crippen LogP) is 3.37. The van der Waals surface area contributed by atoms with Crippen LogP contribution in [-0.4, -0.2) is 100 Å². The molecule has 0 saturated carbocycles. The molecule has 0 radical (unpaired) electrons. The van der Waals surface area contributed by atoms with Crippen molar-refractivity contribution in [1.82, 2.24) is 23.8 Å². The van der Waals surface area contributed by atoms with Crippen LogP contribution in [0.15, 0.2) is 41.2 Å². The van der Waals surface area contributed by atoms with E-state index in [1.165, 1.54) is 21.1 Å². The molecule has 0 aliphatic carbocycles. The molecule has 1 aromatic heterocycles. The number of ether oxygens (including phenoxy) is 2. The Balaban J connectivity index is 1.12. The fourth-order valence-corrected chi connectivity index (χ4v) is 6.79. The molecule has 0 bridgehead atoms. The zero-order valence-electron chi connectivity index (χ0n) is 27.7. The van der Waals surface area contributed by atoms with E-state index in [4.69, 9.17) is 9.47 Å². The molecule has 47 heavy (non-hydrogen) atoms. The molecule has 12 nitrogen and oxygen atoms in total. The summed E-state index contributed by atoms with van der Waals surface area (Å²) in [6.07, 6.45) is -0.0199. The number of halogens is 1. The molecular weight excluding hydrogens is 607 g/mol. The minimum Gasteiger partial charge on any atom is -0.497 e. The van der Waals surface area contributed by atoms with E-state index in [-0.39, 0.29) is 36.9 Å². The standard InChI is InChI=1S/C34H43FN6O6/c1-34(2,3)47-33(45)38-16-14-37(15-17-38)18-23-19-39(20-23)25-10-11-26-30(29(25)35)36(4)32(44)41(26)27-12-13-28(42)40(31(27)43)21-22-6-8-24(46-5)9-7-22/h6-11,23,27H,12-21H2,1-5H3. The molecule has 1 unspecified atom stereocenters. The van der Waals surface area contributed by atoms with E-state index in [1.54, 1.807) is 48.4 Å². The fourth-order valence-electron chi connectivity index (χ4n) is 6.79. The lowest BCUT2D eigenvalue weighted by Gasteiger charge is -2.44. The summed E-state index contributed by atoms with van der Waals surface area (Å²) in [4.78, 5) is 59.6. The molecule has 2 aromatic carbocycles. The number of imidazole rings is 1. The topological polar surface area (TPSA) is 110 Å². The van der Waals surface area contributed by atoms with Crippen LogP contribution in [0, 0.1) is 11.7 Å². The number of aromatic nitrogens is 2. The van der Waals surface area contributed by atoms with Crippen molar-refractivity contribution in [3.05, 3.63) is 58.3 Å². The number of anilines is 1. The predicted molar refractivity (Wildman–Crippen MR) is 174 cm³/mol. The maximum Gasteiger partial charge on any atom is 0.410 e. The number of hydrogen-bond donors (Lipinski definition) is 0. The second kappa shape index (κ2) is 12.7. The summed E-state index contributed by atoms with van der Waals surface area (Å²) in [6, 6.07) is 9.56. The van der Waals surface area contributed by atoms with Crippen LogP contribution in [0.1, 0.15) is 45.2 Å². The first-order chi connectivity index (χ1) is 22.3. The third-order valence-electron chi connectivity index (χ3n) is 9.30. The number of imide groups is 1. The summed E-state index contributed by atoms with van der Waals surface area (Å²) >= 11 is 0. The Morgan fingerprint density at radius 3 is 2.30 bits per heavy atom. The van der Waals surface area contributed by atoms with Crippen LogP contribution in [0.5, 0.6) is 5.75 Å². The van der Waals surface area contributed by atoms with Gasteiger partial charge in [0.2, 0.25) is 5.91 Å². The zero-order chi connectivity index (χ0) is 33.6. The Morgan fingerprint density at radius 2 is 1.66 bits per heavy atom. The minimum atomic E-state index is -0.920. The van der Waals surface area contributed by atoms with Crippen molar-refractivity contribution < 1.29 is 28.2 Å². The molecule has 3 fully saturated rings. The number of carbonyl (C=O) groups excluding carboxylic acids is 3. The summed E-state index contributed by atoms with van der Waals surface area (Å²) < 4.78 is 29.4. The third kappa shape index (κ3) is 6.45. The van der Waals surface area contributed by atoms with E-state index in [1.807, 2.05) is 25.7 Å². The molecule has 252 valence electrons. The SMILES string of the molecule is COc1ccc(CN2C(=O)CCC(n3c(=O)n(C)c4c(F)c(N5CC(CN6CCN(C(=O)OC(C)(C)C)CC6)C5)ccc43)C2=O)cc1. The highest BCUT2D eigenvalue weighted by atomic mass is 19.1. The van der Waals surface area contributed by atoms with Gasteiger partial charge in [-0.25, -0.2) is 14.0 Å². The first-order valence-corrected chi connectivity index (χ1v) is 16.2. The Labute approximate surface area is 273 Å². The van der Waals surface area contributed by atoms with Crippen molar-refractivity contribution in [2.24, 2.45) is 13.0 Å². The molecule has 3 amide bonds. The van der Waals surface area contributed by atoms with Crippen LogP contribution in [0.2, 0.25) is 0 Å². The zero-order valence-corrected chi connectivity index (χ0v) is 27.7. The monoisotopic (exact) mass is 650 g/mol. The summed E-state index contributed by atoms with van der Waals surface area (Å²) in [5, 5.41) is 0. The maximum atomic E-state index is 16.1. The number of benzene rings is 2. The molecule has 3 aromatic rings. The van der Waals surface area contributed by atoms with Crippen LogP contribution in [0.3, 0.4) is 0 Å². The Hall–Kier alpha value is -4.39. The van der Waals surface area contributed by atoms with Crippen molar-refractivity contribution >= 4 is 34.6 Å². The van der Waals surface area contributed by atoms with Crippen molar-refractivity contribution in [3.8, 4) is 5.75 Å². The van der Waals surface area contributed by atoms with Crippen LogP contribution < -0.4 is 15.3 Å². The number of methoxy groups -OCH3 is 1. The molecule has 0 N–H and O–H groups in total. The van der Waals surface area contributed by atoms with E-state index in [0.29, 0.717) is 49.1 Å². The van der Waals surface area contributed by atoms with Crippen LogP contribution in [0.4, 0.5) is 14.9 Å². The average molecular weight is 651 g/mol. The minimum absolute atomic E-state index is 0.0751. The molecule has 6 rings (SSSR count). The fraction of sp³-hybridized carbons (Fsp3) is 0.529. The van der Waals surface area contributed by atoms with E-state index in [0.717, 1.165) is 25.2 Å². The number of hydrogen-bond acceptors (Lipinski definition) is 8. The number of rotatable bonds is 7. The van der Waals surface area contributed by atoms with Gasteiger partial charge < -0.3 is 19.3 Å². The number of fused-ring (bicyclic) bond motifs is 1. The van der Waals surface area contributed by atoms with Gasteiger partial charge in [0, 0.05) is 65.2 Å². The van der Waals surface area contributed by atoms with Gasteiger partial charge in [-0.1, -0.05) is 12.1 Å². The number of piperidine rings is 1. The lowest BCUT2D eigenvalue weighted by atomic mass is 9.97. The number of likely N-dealkylation sites (tertiary alicyclic amines) is 1. The number of amides is 3. The van der Waals surface area contributed by atoms with E-state index in [2.05, 4.69) is 4.90 Å². The Bertz CT molecular complexity index is 1730. The van der Waals surface area contributed by atoms with E-state index in [9.17, 15) is 19.2 Å². The second-order valence-electron chi connectivity index (χ2n) is 13.7. The quantitative estimate of drug-likeness (QED) is 0.359. The van der Waals surface area contributed by atoms with E-state index >= 15 is 4.39 Å². The number of nitrogens with zero attached hydrogens (tertiary/aromatic N) is 6. The highest BCUT2D eigenvalue weighted by Crippen LogP contribution is 2.34. The van der Waals surface area contributed by atoms with Gasteiger partial charge in [-0.15, -0.1) is 0 Å². The number of carbonyl (C=O) groups is 3. The molecule has 13 heteroatoms. The first-order valence-electron chi connectivity index (χ1n) is 16.2. The summed E-state index contributed by atoms with van der Waals surface area (Å²) in [5.74, 6) is -0.273. The number of piperazine rings is 1. The summed E-state index contributed by atoms with van der Waals surface area (Å²) in [5.41, 5.74) is 0.619. The number of aryl methyl sites for hydroxylation is 1. The lowest BCUT2D eigenvalue weighted by molar-refractivity contribution is -0.151. The van der Waals surface area contributed by atoms with Gasteiger partial charge >= 0.3 is 11.8 Å². The first kappa shape index (κ1) is 32.5. The molecule has 4 heterocycles. The summed E-state index contributed by atoms with van der Waals surface area (Å²) in [6.45, 7) is 10.6. The van der Waals surface area contributed by atoms with Gasteiger partial charge in [0.25, 0.3) is 5.91 Å². The van der Waals surface area contributed by atoms with Crippen molar-refractivity contribution in [2.45, 2.75) is 51.8 Å².